The number of carboxylic acids is 1. The lowest BCUT2D eigenvalue weighted by molar-refractivity contribution is -0.192. The zero-order chi connectivity index (χ0) is 18.5. The number of anilines is 1. The third-order valence-corrected chi connectivity index (χ3v) is 3.14. The molecule has 1 aliphatic heterocycles. The number of carbonyl (C=O) groups is 1. The van der Waals surface area contributed by atoms with Crippen LogP contribution in [0.3, 0.4) is 0 Å². The molecule has 0 aliphatic carbocycles. The van der Waals surface area contributed by atoms with E-state index in [2.05, 4.69) is 10.3 Å². The first kappa shape index (κ1) is 20.3. The number of nitrogens with zero attached hydrogens (tertiary/aromatic N) is 2. The lowest BCUT2D eigenvalue weighted by Crippen LogP contribution is -2.43. The van der Waals surface area contributed by atoms with Gasteiger partial charge in [-0.15, -0.1) is 0 Å². The van der Waals surface area contributed by atoms with E-state index < -0.39 is 23.9 Å². The lowest BCUT2D eigenvalue weighted by atomic mass is 10.2. The Morgan fingerprint density at radius 2 is 1.71 bits per heavy atom. The molecule has 0 atom stereocenters. The third kappa shape index (κ3) is 6.04. The van der Waals surface area contributed by atoms with Gasteiger partial charge in [-0.05, 0) is 6.07 Å². The maximum Gasteiger partial charge on any atom is 0.490 e. The second-order valence-electron chi connectivity index (χ2n) is 4.56. The molecule has 5 nitrogen and oxygen atoms in total. The van der Waals surface area contributed by atoms with Crippen molar-refractivity contribution in [3.8, 4) is 0 Å². The van der Waals surface area contributed by atoms with E-state index in [1.807, 2.05) is 4.90 Å². The van der Waals surface area contributed by atoms with Gasteiger partial charge in [0.1, 0.15) is 5.82 Å². The Labute approximate surface area is 137 Å². The van der Waals surface area contributed by atoms with Gasteiger partial charge in [0, 0.05) is 32.4 Å². The molecule has 1 aromatic heterocycles. The van der Waals surface area contributed by atoms with Crippen molar-refractivity contribution in [3.05, 3.63) is 22.8 Å². The Morgan fingerprint density at radius 3 is 2.08 bits per heavy atom. The summed E-state index contributed by atoms with van der Waals surface area (Å²) in [4.78, 5) is 14.6. The molecular weight excluding hydrogens is 368 g/mol. The molecule has 1 fully saturated rings. The minimum Gasteiger partial charge on any atom is -0.475 e. The van der Waals surface area contributed by atoms with Gasteiger partial charge in [0.25, 0.3) is 0 Å². The normalized spacial score (nSPS) is 15.5. The summed E-state index contributed by atoms with van der Waals surface area (Å²) < 4.78 is 69.2. The second-order valence-corrected chi connectivity index (χ2v) is 4.97. The van der Waals surface area contributed by atoms with Crippen molar-refractivity contribution >= 4 is 23.4 Å². The van der Waals surface area contributed by atoms with E-state index in [0.717, 1.165) is 19.3 Å². The molecule has 0 bridgehead atoms. The Bertz CT molecular complexity index is 573. The summed E-state index contributed by atoms with van der Waals surface area (Å²) in [6, 6.07) is 1.27. The minimum atomic E-state index is -5.08. The topological polar surface area (TPSA) is 65.5 Å². The van der Waals surface area contributed by atoms with Gasteiger partial charge in [-0.2, -0.15) is 26.3 Å². The van der Waals surface area contributed by atoms with Crippen molar-refractivity contribution in [2.45, 2.75) is 12.4 Å². The van der Waals surface area contributed by atoms with Gasteiger partial charge in [-0.25, -0.2) is 9.78 Å². The van der Waals surface area contributed by atoms with Crippen LogP contribution in [-0.2, 0) is 11.0 Å². The van der Waals surface area contributed by atoms with E-state index in [4.69, 9.17) is 21.5 Å². The van der Waals surface area contributed by atoms with Gasteiger partial charge in [0.15, 0.2) is 0 Å². The van der Waals surface area contributed by atoms with Gasteiger partial charge in [-0.1, -0.05) is 11.6 Å². The fourth-order valence-corrected chi connectivity index (χ4v) is 1.95. The summed E-state index contributed by atoms with van der Waals surface area (Å²) in [6.07, 6.45) is -8.74. The van der Waals surface area contributed by atoms with Crippen LogP contribution in [0.4, 0.5) is 32.2 Å². The Kier molecular flexibility index (Phi) is 6.67. The molecule has 2 N–H and O–H groups in total. The van der Waals surface area contributed by atoms with Crippen molar-refractivity contribution in [2.75, 3.05) is 31.1 Å². The van der Waals surface area contributed by atoms with E-state index >= 15 is 0 Å². The van der Waals surface area contributed by atoms with Crippen LogP contribution in [-0.4, -0.2) is 48.4 Å². The predicted octanol–water partition coefficient (Wildman–Crippen LogP) is 2.80. The highest BCUT2D eigenvalue weighted by molar-refractivity contribution is 6.31. The van der Waals surface area contributed by atoms with Crippen molar-refractivity contribution in [1.82, 2.24) is 10.3 Å². The molecular formula is C12H12ClF6N3O2. The molecule has 0 amide bonds. The average Bonchev–Trinajstić information content (AvgIpc) is 2.46. The van der Waals surface area contributed by atoms with Crippen LogP contribution < -0.4 is 10.2 Å². The number of pyridine rings is 1. The summed E-state index contributed by atoms with van der Waals surface area (Å²) in [5, 5.41) is 9.97. The molecule has 0 aromatic carbocycles. The molecule has 1 saturated heterocycles. The molecule has 136 valence electrons. The van der Waals surface area contributed by atoms with Crippen LogP contribution in [0.5, 0.6) is 0 Å². The van der Waals surface area contributed by atoms with Crippen LogP contribution in [0.1, 0.15) is 5.56 Å². The van der Waals surface area contributed by atoms with Crippen molar-refractivity contribution in [2.24, 2.45) is 0 Å². The lowest BCUT2D eigenvalue weighted by Gasteiger charge is -2.28. The molecule has 1 aromatic rings. The second kappa shape index (κ2) is 7.88. The smallest absolute Gasteiger partial charge is 0.475 e. The monoisotopic (exact) mass is 379 g/mol. The van der Waals surface area contributed by atoms with E-state index in [1.165, 1.54) is 6.07 Å². The number of halogens is 7. The molecule has 2 rings (SSSR count). The summed E-state index contributed by atoms with van der Waals surface area (Å²) in [7, 11) is 0. The standard InChI is InChI=1S/C10H11ClF3N3.C2HF3O2/c11-8-5-9(17-3-1-15-2-4-17)16-6-7(8)10(12,13)14;3-2(4,5)1(6)7/h5-6,15H,1-4H2;(H,6,7). The first-order valence-corrected chi connectivity index (χ1v) is 6.79. The number of rotatable bonds is 1. The number of carboxylic acid groups (broad SMARTS) is 1. The van der Waals surface area contributed by atoms with Crippen LogP contribution in [0, 0.1) is 0 Å². The number of aliphatic carboxylic acids is 1. The molecule has 0 spiro atoms. The number of alkyl halides is 6. The quantitative estimate of drug-likeness (QED) is 0.735. The van der Waals surface area contributed by atoms with E-state index in [1.54, 1.807) is 0 Å². The maximum atomic E-state index is 12.5. The highest BCUT2D eigenvalue weighted by Crippen LogP contribution is 2.35. The summed E-state index contributed by atoms with van der Waals surface area (Å²) in [5.41, 5.74) is -0.891. The number of piperazine rings is 1. The number of nitrogens with one attached hydrogen (secondary N) is 1. The highest BCUT2D eigenvalue weighted by Gasteiger charge is 2.38. The largest absolute Gasteiger partial charge is 0.490 e. The SMILES string of the molecule is FC(F)(F)c1cnc(N2CCNCC2)cc1Cl.O=C(O)C(F)(F)F. The molecule has 0 radical (unpaired) electrons. The van der Waals surface area contributed by atoms with Gasteiger partial charge in [0.05, 0.1) is 10.6 Å². The predicted molar refractivity (Wildman–Crippen MR) is 73.0 cm³/mol. The summed E-state index contributed by atoms with van der Waals surface area (Å²) in [5.74, 6) is -2.27. The minimum absolute atomic E-state index is 0.305. The van der Waals surface area contributed by atoms with Crippen LogP contribution in [0.2, 0.25) is 5.02 Å². The fourth-order valence-electron chi connectivity index (χ4n) is 1.70. The van der Waals surface area contributed by atoms with E-state index in [9.17, 15) is 26.3 Å². The highest BCUT2D eigenvalue weighted by atomic mass is 35.5. The molecule has 1 aliphatic rings. The molecule has 24 heavy (non-hydrogen) atoms. The Balaban J connectivity index is 0.000000351. The number of hydrogen-bond acceptors (Lipinski definition) is 4. The average molecular weight is 380 g/mol. The molecule has 12 heteroatoms. The molecule has 0 unspecified atom stereocenters. The Morgan fingerprint density at radius 1 is 1.21 bits per heavy atom. The maximum absolute atomic E-state index is 12.5. The van der Waals surface area contributed by atoms with E-state index in [0.29, 0.717) is 18.9 Å². The Hall–Kier alpha value is -1.75. The van der Waals surface area contributed by atoms with Gasteiger partial charge in [-0.3, -0.25) is 0 Å². The van der Waals surface area contributed by atoms with Crippen molar-refractivity contribution in [3.63, 3.8) is 0 Å². The first-order valence-electron chi connectivity index (χ1n) is 6.41. The van der Waals surface area contributed by atoms with E-state index in [-0.39, 0.29) is 5.02 Å². The fraction of sp³-hybridized carbons (Fsp3) is 0.500. The molecule has 2 heterocycles. The van der Waals surface area contributed by atoms with Crippen LogP contribution in [0.25, 0.3) is 0 Å². The molecule has 0 saturated carbocycles. The summed E-state index contributed by atoms with van der Waals surface area (Å²) in [6.45, 7) is 3.02. The zero-order valence-electron chi connectivity index (χ0n) is 11.9. The van der Waals surface area contributed by atoms with Crippen LogP contribution in [0.15, 0.2) is 12.3 Å². The van der Waals surface area contributed by atoms with Gasteiger partial charge >= 0.3 is 18.3 Å². The number of hydrogen-bond donors (Lipinski definition) is 2. The zero-order valence-corrected chi connectivity index (χ0v) is 12.6. The summed E-state index contributed by atoms with van der Waals surface area (Å²) >= 11 is 5.63. The van der Waals surface area contributed by atoms with Gasteiger partial charge in [0.2, 0.25) is 0 Å². The number of aromatic nitrogens is 1. The third-order valence-electron chi connectivity index (χ3n) is 2.83. The first-order chi connectivity index (χ1) is 10.9. The van der Waals surface area contributed by atoms with Crippen LogP contribution >= 0.6 is 11.6 Å². The van der Waals surface area contributed by atoms with Crippen molar-refractivity contribution in [1.29, 1.82) is 0 Å². The van der Waals surface area contributed by atoms with Crippen molar-refractivity contribution < 1.29 is 36.2 Å². The van der Waals surface area contributed by atoms with Gasteiger partial charge < -0.3 is 15.3 Å².